The van der Waals surface area contributed by atoms with E-state index < -0.39 is 17.9 Å². The SMILES string of the molecule is CCC(Oc1c(Cl)cccc1C1=NNC(=O)CC1)C(=O)NCC(C)(C)N[C@@H](O)CCOc1ccccc1C#N. The van der Waals surface area contributed by atoms with Crippen LogP contribution in [0.3, 0.4) is 0 Å². The number of aliphatic hydroxyl groups is 1. The summed E-state index contributed by atoms with van der Waals surface area (Å²) in [4.78, 5) is 24.5. The molecular weight excluding hydrogens is 522 g/mol. The second-order valence-electron chi connectivity index (χ2n) is 9.73. The smallest absolute Gasteiger partial charge is 0.261 e. The van der Waals surface area contributed by atoms with Gasteiger partial charge < -0.3 is 19.9 Å². The minimum Gasteiger partial charge on any atom is -0.492 e. The summed E-state index contributed by atoms with van der Waals surface area (Å²) in [5.41, 5.74) is 3.50. The number of carbonyl (C=O) groups is 2. The third-order valence-corrected chi connectivity index (χ3v) is 6.32. The Morgan fingerprint density at radius 3 is 2.72 bits per heavy atom. The fourth-order valence-electron chi connectivity index (χ4n) is 3.95. The van der Waals surface area contributed by atoms with E-state index in [9.17, 15) is 14.7 Å². The molecule has 0 bridgehead atoms. The molecule has 11 heteroatoms. The second kappa shape index (κ2) is 13.9. The summed E-state index contributed by atoms with van der Waals surface area (Å²) in [7, 11) is 0. The predicted octanol–water partition coefficient (Wildman–Crippen LogP) is 3.26. The first kappa shape index (κ1) is 29.9. The number of carbonyl (C=O) groups excluding carboxylic acids is 2. The minimum atomic E-state index is -0.896. The van der Waals surface area contributed by atoms with Crippen molar-refractivity contribution < 1.29 is 24.2 Å². The van der Waals surface area contributed by atoms with Crippen LogP contribution in [0.5, 0.6) is 11.5 Å². The van der Waals surface area contributed by atoms with Crippen LogP contribution < -0.4 is 25.5 Å². The van der Waals surface area contributed by atoms with Gasteiger partial charge in [-0.15, -0.1) is 0 Å². The molecule has 0 fully saturated rings. The summed E-state index contributed by atoms with van der Waals surface area (Å²) < 4.78 is 11.7. The fraction of sp³-hybridized carbons (Fsp3) is 0.429. The molecule has 1 heterocycles. The van der Waals surface area contributed by atoms with Gasteiger partial charge in [0.25, 0.3) is 5.91 Å². The van der Waals surface area contributed by atoms with Crippen molar-refractivity contribution in [1.29, 1.82) is 5.26 Å². The summed E-state index contributed by atoms with van der Waals surface area (Å²) in [6.45, 7) is 5.96. The summed E-state index contributed by atoms with van der Waals surface area (Å²) in [6, 6.07) is 14.2. The molecule has 0 aromatic heterocycles. The van der Waals surface area contributed by atoms with Gasteiger partial charge in [0.15, 0.2) is 6.10 Å². The third kappa shape index (κ3) is 8.68. The highest BCUT2D eigenvalue weighted by molar-refractivity contribution is 6.32. The molecule has 1 aliphatic rings. The number of halogens is 1. The number of rotatable bonds is 13. The van der Waals surface area contributed by atoms with Gasteiger partial charge in [0.1, 0.15) is 23.8 Å². The number of amides is 2. The van der Waals surface area contributed by atoms with Gasteiger partial charge in [0.2, 0.25) is 5.91 Å². The first-order valence-corrected chi connectivity index (χ1v) is 13.2. The number of hydrogen-bond acceptors (Lipinski definition) is 8. The number of nitrogens with one attached hydrogen (secondary N) is 3. The number of nitrogens with zero attached hydrogens (tertiary/aromatic N) is 2. The van der Waals surface area contributed by atoms with Crippen molar-refractivity contribution in [1.82, 2.24) is 16.1 Å². The maximum atomic E-state index is 13.0. The minimum absolute atomic E-state index is 0.160. The van der Waals surface area contributed by atoms with Gasteiger partial charge in [0.05, 0.1) is 22.9 Å². The van der Waals surface area contributed by atoms with Gasteiger partial charge in [-0.2, -0.15) is 10.4 Å². The normalized spacial score (nSPS) is 14.9. The topological polar surface area (TPSA) is 145 Å². The summed E-state index contributed by atoms with van der Waals surface area (Å²) in [6.07, 6.45) is -0.322. The monoisotopic (exact) mass is 555 g/mol. The fourth-order valence-corrected chi connectivity index (χ4v) is 4.17. The van der Waals surface area contributed by atoms with Crippen molar-refractivity contribution >= 4 is 29.1 Å². The molecule has 2 amide bonds. The van der Waals surface area contributed by atoms with Crippen LogP contribution in [-0.4, -0.2) is 53.7 Å². The lowest BCUT2D eigenvalue weighted by atomic mass is 10.0. The molecule has 0 saturated heterocycles. The van der Waals surface area contributed by atoms with Crippen LogP contribution in [0.2, 0.25) is 5.02 Å². The highest BCUT2D eigenvalue weighted by Crippen LogP contribution is 2.32. The highest BCUT2D eigenvalue weighted by atomic mass is 35.5. The number of hydrazone groups is 1. The van der Waals surface area contributed by atoms with E-state index in [1.54, 1.807) is 42.5 Å². The van der Waals surface area contributed by atoms with E-state index in [1.807, 2.05) is 20.8 Å². The van der Waals surface area contributed by atoms with Crippen molar-refractivity contribution in [3.05, 3.63) is 58.6 Å². The molecule has 0 spiro atoms. The lowest BCUT2D eigenvalue weighted by molar-refractivity contribution is -0.128. The number of benzene rings is 2. The Morgan fingerprint density at radius 2 is 2.03 bits per heavy atom. The number of ether oxygens (including phenoxy) is 2. The Hall–Kier alpha value is -3.65. The average Bonchev–Trinajstić information content (AvgIpc) is 2.91. The van der Waals surface area contributed by atoms with Crippen molar-refractivity contribution in [3.8, 4) is 17.6 Å². The first-order chi connectivity index (χ1) is 18.6. The zero-order valence-electron chi connectivity index (χ0n) is 22.3. The van der Waals surface area contributed by atoms with Crippen molar-refractivity contribution in [2.45, 2.75) is 64.3 Å². The Balaban J connectivity index is 1.54. The summed E-state index contributed by atoms with van der Waals surface area (Å²) in [5, 5.41) is 30.0. The molecule has 1 unspecified atom stereocenters. The number of para-hydroxylation sites is 2. The summed E-state index contributed by atoms with van der Waals surface area (Å²) in [5.74, 6) is 0.309. The van der Waals surface area contributed by atoms with Crippen LogP contribution in [0, 0.1) is 11.3 Å². The van der Waals surface area contributed by atoms with E-state index in [1.165, 1.54) is 0 Å². The van der Waals surface area contributed by atoms with Gasteiger partial charge in [-0.25, -0.2) is 5.43 Å². The van der Waals surface area contributed by atoms with E-state index >= 15 is 0 Å². The standard InChI is InChI=1S/C28H34ClN5O5/c1-4-22(39-26-19(9-7-10-20(26)29)21-12-13-25(36)34-33-21)27(37)31-17-28(2,3)32-24(35)14-15-38-23-11-6-5-8-18(23)16-30/h5-11,22,24,32,35H,4,12-15,17H2,1-3H3,(H,31,37)(H,34,36)/t22?,24-/m0/s1. The van der Waals surface area contributed by atoms with Crippen LogP contribution >= 0.6 is 11.6 Å². The molecule has 4 N–H and O–H groups in total. The molecule has 0 aliphatic carbocycles. The van der Waals surface area contributed by atoms with Gasteiger partial charge in [-0.05, 0) is 44.5 Å². The van der Waals surface area contributed by atoms with Crippen molar-refractivity contribution in [3.63, 3.8) is 0 Å². The number of hydrogen-bond donors (Lipinski definition) is 4. The Bertz CT molecular complexity index is 1240. The zero-order valence-corrected chi connectivity index (χ0v) is 23.0. The van der Waals surface area contributed by atoms with E-state index in [0.29, 0.717) is 52.6 Å². The van der Waals surface area contributed by atoms with Crippen LogP contribution in [0.15, 0.2) is 47.6 Å². The summed E-state index contributed by atoms with van der Waals surface area (Å²) >= 11 is 6.42. The molecule has 208 valence electrons. The van der Waals surface area contributed by atoms with E-state index in [0.717, 1.165) is 0 Å². The van der Waals surface area contributed by atoms with Gasteiger partial charge in [-0.3, -0.25) is 14.9 Å². The predicted molar refractivity (Wildman–Crippen MR) is 148 cm³/mol. The molecule has 2 atom stereocenters. The van der Waals surface area contributed by atoms with Crippen molar-refractivity contribution in [2.24, 2.45) is 5.10 Å². The molecule has 10 nitrogen and oxygen atoms in total. The maximum absolute atomic E-state index is 13.0. The molecular formula is C28H34ClN5O5. The molecule has 0 radical (unpaired) electrons. The average molecular weight is 556 g/mol. The van der Waals surface area contributed by atoms with E-state index in [4.69, 9.17) is 26.3 Å². The van der Waals surface area contributed by atoms with Crippen molar-refractivity contribution in [2.75, 3.05) is 13.2 Å². The molecule has 3 rings (SSSR count). The molecule has 1 aliphatic heterocycles. The van der Waals surface area contributed by atoms with Gasteiger partial charge in [-0.1, -0.05) is 36.7 Å². The lowest BCUT2D eigenvalue weighted by Crippen LogP contribution is -2.54. The van der Waals surface area contributed by atoms with Gasteiger partial charge >= 0.3 is 0 Å². The van der Waals surface area contributed by atoms with Crippen LogP contribution in [-0.2, 0) is 9.59 Å². The Kier molecular flexibility index (Phi) is 10.7. The Labute approximate surface area is 233 Å². The number of nitriles is 1. The van der Waals surface area contributed by atoms with Crippen LogP contribution in [0.4, 0.5) is 0 Å². The second-order valence-corrected chi connectivity index (χ2v) is 10.1. The molecule has 39 heavy (non-hydrogen) atoms. The Morgan fingerprint density at radius 1 is 1.26 bits per heavy atom. The number of aliphatic hydroxyl groups excluding tert-OH is 1. The largest absolute Gasteiger partial charge is 0.492 e. The first-order valence-electron chi connectivity index (χ1n) is 12.8. The molecule has 2 aromatic rings. The van der Waals surface area contributed by atoms with E-state index in [2.05, 4.69) is 27.2 Å². The van der Waals surface area contributed by atoms with E-state index in [-0.39, 0.29) is 31.4 Å². The maximum Gasteiger partial charge on any atom is 0.261 e. The third-order valence-electron chi connectivity index (χ3n) is 6.02. The quantitative estimate of drug-likeness (QED) is 0.278. The highest BCUT2D eigenvalue weighted by Gasteiger charge is 2.27. The molecule has 2 aromatic carbocycles. The lowest BCUT2D eigenvalue weighted by Gasteiger charge is -2.30. The van der Waals surface area contributed by atoms with Crippen LogP contribution in [0.1, 0.15) is 57.6 Å². The zero-order chi connectivity index (χ0) is 28.4. The van der Waals surface area contributed by atoms with Gasteiger partial charge in [0, 0.05) is 36.9 Å². The van der Waals surface area contributed by atoms with Crippen LogP contribution in [0.25, 0.3) is 0 Å². The molecule has 0 saturated carbocycles.